The van der Waals surface area contributed by atoms with Crippen LogP contribution in [-0.2, 0) is 19.3 Å². The quantitative estimate of drug-likeness (QED) is 0.304. The lowest BCUT2D eigenvalue weighted by atomic mass is 9.87. The number of aromatic nitrogens is 4. The zero-order valence-corrected chi connectivity index (χ0v) is 19.7. The standard InChI is InChI=1S/C29H27FN4/c1-4-27-31-15-26(32-27)23-10-6-18(14-24(23)30)17-5-8-20-19(13-17)7-9-22-21(20)11-12-25-28(22)34-29(33-25)16(2)3/h5-10,13-16H,4,11-12H2,1-3H3,(H,31,32)(H,33,34). The Morgan fingerprint density at radius 1 is 0.941 bits per heavy atom. The van der Waals surface area contributed by atoms with Crippen molar-refractivity contribution in [2.75, 3.05) is 0 Å². The molecular formula is C29H27FN4. The molecule has 1 aliphatic carbocycles. The van der Waals surface area contributed by atoms with Crippen LogP contribution in [0.1, 0.15) is 49.6 Å². The van der Waals surface area contributed by atoms with Gasteiger partial charge in [0.15, 0.2) is 0 Å². The molecule has 0 saturated carbocycles. The second-order valence-corrected chi connectivity index (χ2v) is 9.42. The fourth-order valence-electron chi connectivity index (χ4n) is 5.01. The molecule has 0 atom stereocenters. The van der Waals surface area contributed by atoms with Gasteiger partial charge in [-0.05, 0) is 58.5 Å². The third-order valence-corrected chi connectivity index (χ3v) is 6.91. The highest BCUT2D eigenvalue weighted by Crippen LogP contribution is 2.38. The van der Waals surface area contributed by atoms with E-state index in [4.69, 9.17) is 4.98 Å². The molecule has 0 unspecified atom stereocenters. The smallest absolute Gasteiger partial charge is 0.133 e. The fraction of sp³-hybridized carbons (Fsp3) is 0.241. The summed E-state index contributed by atoms with van der Waals surface area (Å²) < 4.78 is 15.0. The summed E-state index contributed by atoms with van der Waals surface area (Å²) in [5.74, 6) is 2.05. The Labute approximate surface area is 198 Å². The van der Waals surface area contributed by atoms with Crippen LogP contribution in [0.25, 0.3) is 44.4 Å². The lowest BCUT2D eigenvalue weighted by Gasteiger charge is -2.18. The highest BCUT2D eigenvalue weighted by Gasteiger charge is 2.23. The molecule has 5 aromatic rings. The molecule has 0 bridgehead atoms. The zero-order chi connectivity index (χ0) is 23.4. The molecular weight excluding hydrogens is 423 g/mol. The normalized spacial score (nSPS) is 12.9. The van der Waals surface area contributed by atoms with E-state index in [1.807, 2.05) is 19.1 Å². The number of benzene rings is 3. The Balaban J connectivity index is 1.38. The molecule has 0 amide bonds. The molecule has 0 saturated heterocycles. The highest BCUT2D eigenvalue weighted by atomic mass is 19.1. The van der Waals surface area contributed by atoms with Crippen molar-refractivity contribution in [3.8, 4) is 33.6 Å². The van der Waals surface area contributed by atoms with Crippen LogP contribution in [-0.4, -0.2) is 19.9 Å². The van der Waals surface area contributed by atoms with E-state index in [0.29, 0.717) is 17.2 Å². The van der Waals surface area contributed by atoms with Crippen molar-refractivity contribution >= 4 is 10.8 Å². The third-order valence-electron chi connectivity index (χ3n) is 6.91. The van der Waals surface area contributed by atoms with E-state index in [2.05, 4.69) is 59.1 Å². The number of H-pyrrole nitrogens is 2. The summed E-state index contributed by atoms with van der Waals surface area (Å²) in [6, 6.07) is 16.2. The third kappa shape index (κ3) is 3.35. The molecule has 2 heterocycles. The van der Waals surface area contributed by atoms with E-state index in [-0.39, 0.29) is 5.82 Å². The number of imidazole rings is 2. The molecule has 0 aliphatic heterocycles. The maximum absolute atomic E-state index is 15.0. The molecule has 4 nitrogen and oxygen atoms in total. The molecule has 1 aliphatic rings. The van der Waals surface area contributed by atoms with Gasteiger partial charge in [-0.25, -0.2) is 14.4 Å². The number of rotatable bonds is 4. The van der Waals surface area contributed by atoms with Crippen molar-refractivity contribution in [1.82, 2.24) is 19.9 Å². The summed E-state index contributed by atoms with van der Waals surface area (Å²) in [5, 5.41) is 2.42. The van der Waals surface area contributed by atoms with Gasteiger partial charge in [-0.1, -0.05) is 51.1 Å². The van der Waals surface area contributed by atoms with Crippen LogP contribution in [0, 0.1) is 5.82 Å². The summed E-state index contributed by atoms with van der Waals surface area (Å²) >= 11 is 0. The van der Waals surface area contributed by atoms with Gasteiger partial charge in [0.2, 0.25) is 0 Å². The van der Waals surface area contributed by atoms with E-state index in [1.165, 1.54) is 27.6 Å². The first-order valence-electron chi connectivity index (χ1n) is 12.0. The lowest BCUT2D eigenvalue weighted by molar-refractivity contribution is 0.631. The number of fused-ring (bicyclic) bond motifs is 5. The van der Waals surface area contributed by atoms with Crippen LogP contribution in [0.2, 0.25) is 0 Å². The van der Waals surface area contributed by atoms with E-state index < -0.39 is 0 Å². The maximum atomic E-state index is 15.0. The average molecular weight is 451 g/mol. The number of aromatic amines is 2. The number of hydrogen-bond donors (Lipinski definition) is 2. The number of halogens is 1. The van der Waals surface area contributed by atoms with E-state index in [1.54, 1.807) is 12.3 Å². The molecule has 34 heavy (non-hydrogen) atoms. The van der Waals surface area contributed by atoms with Crippen molar-refractivity contribution in [2.24, 2.45) is 0 Å². The maximum Gasteiger partial charge on any atom is 0.133 e. The van der Waals surface area contributed by atoms with Gasteiger partial charge in [-0.15, -0.1) is 0 Å². The first-order chi connectivity index (χ1) is 16.5. The van der Waals surface area contributed by atoms with E-state index in [9.17, 15) is 0 Å². The largest absolute Gasteiger partial charge is 0.345 e. The summed E-state index contributed by atoms with van der Waals surface area (Å²) in [7, 11) is 0. The van der Waals surface area contributed by atoms with Gasteiger partial charge in [0.05, 0.1) is 17.6 Å². The van der Waals surface area contributed by atoms with Crippen LogP contribution in [0.15, 0.2) is 54.7 Å². The molecule has 0 radical (unpaired) electrons. The van der Waals surface area contributed by atoms with Crippen LogP contribution in [0.3, 0.4) is 0 Å². The summed E-state index contributed by atoms with van der Waals surface area (Å²) in [6.45, 7) is 6.36. The van der Waals surface area contributed by atoms with Gasteiger partial charge in [-0.2, -0.15) is 0 Å². The highest BCUT2D eigenvalue weighted by molar-refractivity contribution is 5.95. The minimum atomic E-state index is -0.249. The Bertz CT molecular complexity index is 1540. The Morgan fingerprint density at radius 2 is 1.74 bits per heavy atom. The molecule has 2 N–H and O–H groups in total. The van der Waals surface area contributed by atoms with Gasteiger partial charge in [0.25, 0.3) is 0 Å². The monoisotopic (exact) mass is 450 g/mol. The van der Waals surface area contributed by atoms with Crippen LogP contribution < -0.4 is 0 Å². The van der Waals surface area contributed by atoms with Gasteiger partial charge in [-0.3, -0.25) is 0 Å². The Hall–Kier alpha value is -3.73. The molecule has 170 valence electrons. The Kier molecular flexibility index (Phi) is 4.87. The summed E-state index contributed by atoms with van der Waals surface area (Å²) in [6.07, 6.45) is 4.46. The van der Waals surface area contributed by atoms with Gasteiger partial charge in [0, 0.05) is 29.2 Å². The van der Waals surface area contributed by atoms with Crippen molar-refractivity contribution in [1.29, 1.82) is 0 Å². The fourth-order valence-corrected chi connectivity index (χ4v) is 5.01. The van der Waals surface area contributed by atoms with Crippen LogP contribution in [0.4, 0.5) is 4.39 Å². The van der Waals surface area contributed by atoms with Gasteiger partial charge >= 0.3 is 0 Å². The van der Waals surface area contributed by atoms with E-state index in [0.717, 1.165) is 47.7 Å². The number of nitrogens with one attached hydrogen (secondary N) is 2. The molecule has 6 rings (SSSR count). The first kappa shape index (κ1) is 20.8. The van der Waals surface area contributed by atoms with Crippen molar-refractivity contribution < 1.29 is 4.39 Å². The average Bonchev–Trinajstić information content (AvgIpc) is 3.50. The topological polar surface area (TPSA) is 57.4 Å². The minimum absolute atomic E-state index is 0.249. The molecule has 0 fully saturated rings. The first-order valence-corrected chi connectivity index (χ1v) is 12.0. The van der Waals surface area contributed by atoms with Crippen molar-refractivity contribution in [3.05, 3.63) is 83.5 Å². The van der Waals surface area contributed by atoms with Gasteiger partial charge in [0.1, 0.15) is 17.5 Å². The predicted octanol–water partition coefficient (Wildman–Crippen LogP) is 7.21. The van der Waals surface area contributed by atoms with Crippen molar-refractivity contribution in [3.63, 3.8) is 0 Å². The molecule has 3 aromatic carbocycles. The van der Waals surface area contributed by atoms with Crippen LogP contribution in [0.5, 0.6) is 0 Å². The number of hydrogen-bond acceptors (Lipinski definition) is 2. The number of nitrogens with zero attached hydrogens (tertiary/aromatic N) is 2. The lowest BCUT2D eigenvalue weighted by Crippen LogP contribution is -2.04. The Morgan fingerprint density at radius 3 is 2.50 bits per heavy atom. The predicted molar refractivity (Wildman–Crippen MR) is 135 cm³/mol. The van der Waals surface area contributed by atoms with Crippen molar-refractivity contribution in [2.45, 2.75) is 46.0 Å². The van der Waals surface area contributed by atoms with Crippen LogP contribution >= 0.6 is 0 Å². The van der Waals surface area contributed by atoms with Gasteiger partial charge < -0.3 is 9.97 Å². The van der Waals surface area contributed by atoms with E-state index >= 15 is 4.39 Å². The zero-order valence-electron chi connectivity index (χ0n) is 19.7. The second-order valence-electron chi connectivity index (χ2n) is 9.42. The molecule has 2 aromatic heterocycles. The molecule has 5 heteroatoms. The number of aryl methyl sites for hydroxylation is 3. The molecule has 0 spiro atoms. The second kappa shape index (κ2) is 7.94. The minimum Gasteiger partial charge on any atom is -0.345 e. The summed E-state index contributed by atoms with van der Waals surface area (Å²) in [4.78, 5) is 15.9. The summed E-state index contributed by atoms with van der Waals surface area (Å²) in [5.41, 5.74) is 8.05. The SMILES string of the molecule is CCc1ncc(-c2ccc(-c3ccc4c5c(ccc4c3)-c3nc(C(C)C)[nH]c3CC5)cc2F)[nH]1.